The number of aromatic amines is 1. The maximum absolute atomic E-state index is 13.1. The molecule has 3 aromatic rings. The lowest BCUT2D eigenvalue weighted by Crippen LogP contribution is -2.34. The van der Waals surface area contributed by atoms with Crippen molar-refractivity contribution >= 4 is 46.9 Å². The molecule has 2 heterocycles. The van der Waals surface area contributed by atoms with Gasteiger partial charge in [0.1, 0.15) is 5.03 Å². The van der Waals surface area contributed by atoms with E-state index in [0.717, 1.165) is 23.0 Å². The van der Waals surface area contributed by atoms with E-state index < -0.39 is 0 Å². The minimum atomic E-state index is -0.333. The summed E-state index contributed by atoms with van der Waals surface area (Å²) in [7, 11) is 5.72. The van der Waals surface area contributed by atoms with Crippen molar-refractivity contribution in [2.45, 2.75) is 18.4 Å². The smallest absolute Gasteiger partial charge is 0.264 e. The van der Waals surface area contributed by atoms with Crippen LogP contribution in [0.1, 0.15) is 11.3 Å². The summed E-state index contributed by atoms with van der Waals surface area (Å²) in [6.07, 6.45) is 3.27. The highest BCUT2D eigenvalue weighted by Crippen LogP contribution is 2.30. The number of pyridine rings is 1. The normalized spacial score (nSPS) is 11.6. The zero-order valence-corrected chi connectivity index (χ0v) is 20.6. The Morgan fingerprint density at radius 1 is 1.21 bits per heavy atom. The van der Waals surface area contributed by atoms with Gasteiger partial charge in [-0.3, -0.25) is 19.7 Å². The average molecular weight is 480 g/mol. The number of aliphatic imine (C=N–C) groups is 1. The van der Waals surface area contributed by atoms with Crippen LogP contribution in [0.5, 0.6) is 0 Å². The summed E-state index contributed by atoms with van der Waals surface area (Å²) in [5.41, 5.74) is 3.06. The number of nitrogens with one attached hydrogen (secondary N) is 2. The fourth-order valence-electron chi connectivity index (χ4n) is 3.17. The van der Waals surface area contributed by atoms with Crippen molar-refractivity contribution in [1.82, 2.24) is 25.0 Å². The summed E-state index contributed by atoms with van der Waals surface area (Å²) in [6.45, 7) is 6.83. The number of benzene rings is 1. The van der Waals surface area contributed by atoms with Gasteiger partial charge in [-0.2, -0.15) is 5.10 Å². The molecule has 0 atom stereocenters. The van der Waals surface area contributed by atoms with Crippen molar-refractivity contribution < 1.29 is 9.59 Å². The van der Waals surface area contributed by atoms with Crippen LogP contribution in [0, 0.1) is 6.92 Å². The number of aryl methyl sites for hydroxylation is 1. The lowest BCUT2D eigenvalue weighted by Gasteiger charge is -2.19. The molecule has 0 saturated heterocycles. The Bertz CT molecular complexity index is 1220. The van der Waals surface area contributed by atoms with Gasteiger partial charge >= 0.3 is 0 Å². The molecular formula is C24H29N7O2S. The molecule has 34 heavy (non-hydrogen) atoms. The molecule has 0 unspecified atom stereocenters. The van der Waals surface area contributed by atoms with Gasteiger partial charge in [0.2, 0.25) is 5.91 Å². The molecule has 3 rings (SSSR count). The van der Waals surface area contributed by atoms with Crippen LogP contribution in [0.4, 0.5) is 5.69 Å². The number of rotatable bonds is 10. The summed E-state index contributed by atoms with van der Waals surface area (Å²) in [5, 5.41) is 11.3. The second kappa shape index (κ2) is 11.6. The third-order valence-corrected chi connectivity index (χ3v) is 6.09. The Hall–Kier alpha value is -3.50. The largest absolute Gasteiger partial charge is 0.344 e. The predicted octanol–water partition coefficient (Wildman–Crippen LogP) is 3.10. The number of likely N-dealkylation sites (N-methyl/N-ethyl adjacent to an activating group) is 2. The zero-order chi connectivity index (χ0) is 24.7. The van der Waals surface area contributed by atoms with E-state index in [1.807, 2.05) is 44.1 Å². The number of aromatic nitrogens is 3. The molecular weight excluding hydrogens is 450 g/mol. The average Bonchev–Trinajstić information content (AvgIpc) is 3.28. The van der Waals surface area contributed by atoms with Gasteiger partial charge < -0.3 is 15.1 Å². The maximum Gasteiger partial charge on any atom is 0.264 e. The van der Waals surface area contributed by atoms with Crippen LogP contribution in [-0.4, -0.2) is 77.7 Å². The Morgan fingerprint density at radius 2 is 2.00 bits per heavy atom. The van der Waals surface area contributed by atoms with E-state index in [4.69, 9.17) is 0 Å². The van der Waals surface area contributed by atoms with Crippen LogP contribution in [0.2, 0.25) is 0 Å². The standard InChI is InChI=1S/C24H29N7O2S/c1-16-9-10-19-18(14-26-29-19)23(16)28-24(33)20(15-25-2)34-21-8-6-7-17(27-21)13-22(32)31(5)12-11-30(3)4/h6-10,14-15H,2,11-13H2,1,3-5H3,(H,26,29)(H,28,33)/b20-15-. The first-order valence-corrected chi connectivity index (χ1v) is 11.5. The fourth-order valence-corrected chi connectivity index (χ4v) is 3.98. The van der Waals surface area contributed by atoms with Gasteiger partial charge in [-0.05, 0) is 51.5 Å². The molecule has 10 heteroatoms. The maximum atomic E-state index is 13.1. The number of hydrogen-bond acceptors (Lipinski definition) is 7. The molecule has 0 aliphatic heterocycles. The minimum Gasteiger partial charge on any atom is -0.344 e. The number of carbonyl (C=O) groups is 2. The van der Waals surface area contributed by atoms with E-state index in [1.165, 1.54) is 18.0 Å². The van der Waals surface area contributed by atoms with Gasteiger partial charge in [-0.25, -0.2) is 4.98 Å². The first kappa shape index (κ1) is 25.1. The number of thioether (sulfide) groups is 1. The summed E-state index contributed by atoms with van der Waals surface area (Å²) in [5.74, 6) is -0.345. The highest BCUT2D eigenvalue weighted by molar-refractivity contribution is 8.04. The van der Waals surface area contributed by atoms with Crippen LogP contribution >= 0.6 is 11.8 Å². The van der Waals surface area contributed by atoms with E-state index in [-0.39, 0.29) is 18.2 Å². The molecule has 9 nitrogen and oxygen atoms in total. The van der Waals surface area contributed by atoms with Crippen LogP contribution in [0.25, 0.3) is 10.9 Å². The molecule has 0 radical (unpaired) electrons. The second-order valence-corrected chi connectivity index (χ2v) is 9.15. The number of H-pyrrole nitrogens is 1. The van der Waals surface area contributed by atoms with Gasteiger partial charge in [-0.1, -0.05) is 23.9 Å². The number of hydrogen-bond donors (Lipinski definition) is 2. The highest BCUT2D eigenvalue weighted by atomic mass is 32.2. The third-order valence-electron chi connectivity index (χ3n) is 5.14. The number of nitrogens with zero attached hydrogens (tertiary/aromatic N) is 5. The Balaban J connectivity index is 1.72. The van der Waals surface area contributed by atoms with Gasteiger partial charge in [0.25, 0.3) is 5.91 Å². The first-order valence-electron chi connectivity index (χ1n) is 10.7. The molecule has 0 fully saturated rings. The van der Waals surface area contributed by atoms with Gasteiger partial charge in [0.05, 0.1) is 34.4 Å². The topological polar surface area (TPSA) is 107 Å². The lowest BCUT2D eigenvalue weighted by atomic mass is 10.1. The zero-order valence-electron chi connectivity index (χ0n) is 19.8. The molecule has 2 N–H and O–H groups in total. The van der Waals surface area contributed by atoms with Crippen molar-refractivity contribution in [3.05, 3.63) is 58.9 Å². The highest BCUT2D eigenvalue weighted by Gasteiger charge is 2.17. The molecule has 1 aromatic carbocycles. The Morgan fingerprint density at radius 3 is 2.74 bits per heavy atom. The molecule has 0 aliphatic carbocycles. The second-order valence-electron chi connectivity index (χ2n) is 8.08. The minimum absolute atomic E-state index is 0.0125. The van der Waals surface area contributed by atoms with Crippen molar-refractivity contribution in [3.8, 4) is 0 Å². The molecule has 0 aliphatic rings. The van der Waals surface area contributed by atoms with Crippen LogP contribution in [0.15, 0.2) is 57.7 Å². The van der Waals surface area contributed by atoms with Crippen LogP contribution in [-0.2, 0) is 16.0 Å². The number of carbonyl (C=O) groups excluding carboxylic acids is 2. The van der Waals surface area contributed by atoms with Gasteiger partial charge in [-0.15, -0.1) is 0 Å². The predicted molar refractivity (Wildman–Crippen MR) is 137 cm³/mol. The SMILES string of the molecule is C=N/C=C(\Sc1cccc(CC(=O)N(C)CCN(C)C)n1)C(=O)Nc1c(C)ccc2[nH]ncc12. The number of fused-ring (bicyclic) bond motifs is 1. The van der Waals surface area contributed by atoms with Crippen molar-refractivity contribution in [2.75, 3.05) is 39.5 Å². The summed E-state index contributed by atoms with van der Waals surface area (Å²) < 4.78 is 0. The van der Waals surface area contributed by atoms with E-state index in [9.17, 15) is 9.59 Å². The van der Waals surface area contributed by atoms with Crippen molar-refractivity contribution in [1.29, 1.82) is 0 Å². The number of anilines is 1. The quantitative estimate of drug-likeness (QED) is 0.263. The molecule has 0 bridgehead atoms. The van der Waals surface area contributed by atoms with Crippen molar-refractivity contribution in [2.24, 2.45) is 4.99 Å². The third kappa shape index (κ3) is 6.52. The number of amides is 2. The summed E-state index contributed by atoms with van der Waals surface area (Å²) in [6, 6.07) is 9.25. The van der Waals surface area contributed by atoms with E-state index in [0.29, 0.717) is 27.9 Å². The van der Waals surface area contributed by atoms with Crippen LogP contribution in [0.3, 0.4) is 0 Å². The van der Waals surface area contributed by atoms with E-state index in [2.05, 4.69) is 32.2 Å². The summed E-state index contributed by atoms with van der Waals surface area (Å²) >= 11 is 1.17. The van der Waals surface area contributed by atoms with Gasteiger partial charge in [0.15, 0.2) is 0 Å². The first-order chi connectivity index (χ1) is 16.3. The molecule has 0 saturated carbocycles. The molecule has 0 spiro atoms. The molecule has 178 valence electrons. The fraction of sp³-hybridized carbons (Fsp3) is 0.292. The van der Waals surface area contributed by atoms with Gasteiger partial charge in [0, 0.05) is 31.7 Å². The Labute approximate surface area is 203 Å². The summed E-state index contributed by atoms with van der Waals surface area (Å²) in [4.78, 5) is 38.0. The van der Waals surface area contributed by atoms with E-state index >= 15 is 0 Å². The molecule has 2 aromatic heterocycles. The van der Waals surface area contributed by atoms with E-state index in [1.54, 1.807) is 30.3 Å². The lowest BCUT2D eigenvalue weighted by molar-refractivity contribution is -0.129. The molecule has 2 amide bonds. The van der Waals surface area contributed by atoms with Crippen molar-refractivity contribution in [3.63, 3.8) is 0 Å². The monoisotopic (exact) mass is 479 g/mol. The Kier molecular flexibility index (Phi) is 8.55. The van der Waals surface area contributed by atoms with Crippen LogP contribution < -0.4 is 5.32 Å².